The summed E-state index contributed by atoms with van der Waals surface area (Å²) in [6.07, 6.45) is 0. The summed E-state index contributed by atoms with van der Waals surface area (Å²) >= 11 is 13.2. The van der Waals surface area contributed by atoms with Crippen molar-refractivity contribution in [3.63, 3.8) is 0 Å². The predicted octanol–water partition coefficient (Wildman–Crippen LogP) is 3.72. The Hall–Kier alpha value is -2.09. The second kappa shape index (κ2) is 8.53. The van der Waals surface area contributed by atoms with Crippen LogP contribution in [0.4, 0.5) is 0 Å². The van der Waals surface area contributed by atoms with Gasteiger partial charge in [0.05, 0.1) is 11.4 Å². The standard InChI is InChI=1S/C17H15Cl2N5OS/c1-23(10-12-3-2-4-14(19)9-12)16(25)11-26-17-20-21-22-24(17)15-7-5-13(18)6-8-15/h2-9H,10-11H2,1H3. The fourth-order valence-corrected chi connectivity index (χ4v) is 3.42. The fourth-order valence-electron chi connectivity index (χ4n) is 2.25. The van der Waals surface area contributed by atoms with Gasteiger partial charge in [0.1, 0.15) is 0 Å². The summed E-state index contributed by atoms with van der Waals surface area (Å²) in [6, 6.07) is 14.6. The maximum absolute atomic E-state index is 12.4. The number of amides is 1. The first-order valence-corrected chi connectivity index (χ1v) is 9.42. The number of hydrogen-bond donors (Lipinski definition) is 0. The molecule has 0 spiro atoms. The topological polar surface area (TPSA) is 63.9 Å². The second-order valence-corrected chi connectivity index (χ2v) is 7.33. The monoisotopic (exact) mass is 407 g/mol. The Balaban J connectivity index is 1.61. The third kappa shape index (κ3) is 4.75. The van der Waals surface area contributed by atoms with E-state index in [1.807, 2.05) is 30.3 Å². The van der Waals surface area contributed by atoms with E-state index in [-0.39, 0.29) is 11.7 Å². The molecule has 0 radical (unpaired) electrons. The molecule has 3 rings (SSSR count). The van der Waals surface area contributed by atoms with Crippen molar-refractivity contribution in [1.29, 1.82) is 0 Å². The molecule has 6 nitrogen and oxygen atoms in total. The third-order valence-corrected chi connectivity index (χ3v) is 4.96. The summed E-state index contributed by atoms with van der Waals surface area (Å²) in [5, 5.41) is 13.5. The van der Waals surface area contributed by atoms with Gasteiger partial charge < -0.3 is 4.90 Å². The minimum atomic E-state index is -0.0272. The average Bonchev–Trinajstić information content (AvgIpc) is 3.09. The molecule has 3 aromatic rings. The van der Waals surface area contributed by atoms with Gasteiger partial charge in [0.25, 0.3) is 0 Å². The first-order chi connectivity index (χ1) is 12.5. The van der Waals surface area contributed by atoms with Crippen molar-refractivity contribution >= 4 is 40.9 Å². The molecule has 134 valence electrons. The number of thioether (sulfide) groups is 1. The molecule has 0 N–H and O–H groups in total. The molecule has 0 aliphatic heterocycles. The maximum atomic E-state index is 12.4. The van der Waals surface area contributed by atoms with Crippen LogP contribution in [0.15, 0.2) is 53.7 Å². The van der Waals surface area contributed by atoms with E-state index in [1.165, 1.54) is 11.8 Å². The highest BCUT2D eigenvalue weighted by molar-refractivity contribution is 7.99. The van der Waals surface area contributed by atoms with Crippen LogP contribution in [-0.4, -0.2) is 43.8 Å². The quantitative estimate of drug-likeness (QED) is 0.582. The van der Waals surface area contributed by atoms with Gasteiger partial charge in [-0.2, -0.15) is 4.68 Å². The summed E-state index contributed by atoms with van der Waals surface area (Å²) in [7, 11) is 1.76. The van der Waals surface area contributed by atoms with E-state index < -0.39 is 0 Å². The van der Waals surface area contributed by atoms with E-state index in [0.29, 0.717) is 21.7 Å². The summed E-state index contributed by atoms with van der Waals surface area (Å²) in [5.74, 6) is 0.200. The number of aromatic nitrogens is 4. The lowest BCUT2D eigenvalue weighted by atomic mass is 10.2. The zero-order valence-corrected chi connectivity index (χ0v) is 16.2. The molecule has 0 unspecified atom stereocenters. The van der Waals surface area contributed by atoms with Gasteiger partial charge in [-0.05, 0) is 52.4 Å². The zero-order chi connectivity index (χ0) is 18.5. The van der Waals surface area contributed by atoms with Gasteiger partial charge >= 0.3 is 0 Å². The number of hydrogen-bond acceptors (Lipinski definition) is 5. The molecule has 1 aromatic heterocycles. The van der Waals surface area contributed by atoms with Gasteiger partial charge in [-0.1, -0.05) is 47.1 Å². The van der Waals surface area contributed by atoms with Crippen molar-refractivity contribution in [2.24, 2.45) is 0 Å². The molecule has 26 heavy (non-hydrogen) atoms. The van der Waals surface area contributed by atoms with Gasteiger partial charge in [0.2, 0.25) is 11.1 Å². The number of carbonyl (C=O) groups excluding carboxylic acids is 1. The zero-order valence-electron chi connectivity index (χ0n) is 13.8. The Morgan fingerprint density at radius 2 is 1.92 bits per heavy atom. The van der Waals surface area contributed by atoms with Crippen molar-refractivity contribution in [3.8, 4) is 5.69 Å². The summed E-state index contributed by atoms with van der Waals surface area (Å²) in [5.41, 5.74) is 1.76. The Morgan fingerprint density at radius 1 is 1.15 bits per heavy atom. The van der Waals surface area contributed by atoms with Gasteiger partial charge in [0.15, 0.2) is 0 Å². The molecule has 0 atom stereocenters. The van der Waals surface area contributed by atoms with Crippen LogP contribution in [-0.2, 0) is 11.3 Å². The van der Waals surface area contributed by atoms with Gasteiger partial charge in [-0.15, -0.1) is 5.10 Å². The lowest BCUT2D eigenvalue weighted by molar-refractivity contribution is -0.127. The van der Waals surface area contributed by atoms with Crippen LogP contribution < -0.4 is 0 Å². The Kier molecular flexibility index (Phi) is 6.13. The smallest absolute Gasteiger partial charge is 0.233 e. The highest BCUT2D eigenvalue weighted by Crippen LogP contribution is 2.20. The van der Waals surface area contributed by atoms with E-state index in [4.69, 9.17) is 23.2 Å². The number of carbonyl (C=O) groups is 1. The van der Waals surface area contributed by atoms with Gasteiger partial charge in [-0.25, -0.2) is 0 Å². The molecular formula is C17H15Cl2N5OS. The van der Waals surface area contributed by atoms with Crippen molar-refractivity contribution in [2.45, 2.75) is 11.7 Å². The Morgan fingerprint density at radius 3 is 2.65 bits per heavy atom. The predicted molar refractivity (Wildman–Crippen MR) is 103 cm³/mol. The van der Waals surface area contributed by atoms with Crippen LogP contribution in [0.5, 0.6) is 0 Å². The van der Waals surface area contributed by atoms with Crippen LogP contribution in [0.25, 0.3) is 5.69 Å². The van der Waals surface area contributed by atoms with Crippen molar-refractivity contribution in [1.82, 2.24) is 25.1 Å². The number of halogens is 2. The maximum Gasteiger partial charge on any atom is 0.233 e. The molecule has 0 fully saturated rings. The molecule has 9 heteroatoms. The first-order valence-electron chi connectivity index (χ1n) is 7.68. The number of benzene rings is 2. The number of nitrogens with zero attached hydrogens (tertiary/aromatic N) is 5. The molecule has 2 aromatic carbocycles. The van der Waals surface area contributed by atoms with Crippen molar-refractivity contribution < 1.29 is 4.79 Å². The van der Waals surface area contributed by atoms with Crippen molar-refractivity contribution in [3.05, 3.63) is 64.1 Å². The first kappa shape index (κ1) is 18.7. The average molecular weight is 408 g/mol. The number of rotatable bonds is 6. The minimum absolute atomic E-state index is 0.0272. The van der Waals surface area contributed by atoms with Crippen LogP contribution in [0.3, 0.4) is 0 Å². The van der Waals surface area contributed by atoms with E-state index in [2.05, 4.69) is 15.5 Å². The van der Waals surface area contributed by atoms with Crippen LogP contribution >= 0.6 is 35.0 Å². The lowest BCUT2D eigenvalue weighted by Gasteiger charge is -2.17. The largest absolute Gasteiger partial charge is 0.341 e. The molecule has 1 heterocycles. The summed E-state index contributed by atoms with van der Waals surface area (Å²) < 4.78 is 1.57. The van der Waals surface area contributed by atoms with E-state index >= 15 is 0 Å². The van der Waals surface area contributed by atoms with Crippen LogP contribution in [0, 0.1) is 0 Å². The van der Waals surface area contributed by atoms with Crippen molar-refractivity contribution in [2.75, 3.05) is 12.8 Å². The molecule has 0 aliphatic rings. The van der Waals surface area contributed by atoms with Crippen LogP contribution in [0.2, 0.25) is 10.0 Å². The summed E-state index contributed by atoms with van der Waals surface area (Å²) in [6.45, 7) is 0.488. The highest BCUT2D eigenvalue weighted by atomic mass is 35.5. The molecular weight excluding hydrogens is 393 g/mol. The van der Waals surface area contributed by atoms with E-state index in [9.17, 15) is 4.79 Å². The third-order valence-electron chi connectivity index (χ3n) is 3.57. The van der Waals surface area contributed by atoms with Crippen LogP contribution in [0.1, 0.15) is 5.56 Å². The second-order valence-electron chi connectivity index (χ2n) is 5.52. The minimum Gasteiger partial charge on any atom is -0.341 e. The van der Waals surface area contributed by atoms with E-state index in [0.717, 1.165) is 11.3 Å². The Bertz CT molecular complexity index is 900. The SMILES string of the molecule is CN(Cc1cccc(Cl)c1)C(=O)CSc1nnnn1-c1ccc(Cl)cc1. The Labute approximate surface area is 165 Å². The fraction of sp³-hybridized carbons (Fsp3) is 0.176. The van der Waals surface area contributed by atoms with Gasteiger partial charge in [-0.3, -0.25) is 4.79 Å². The summed E-state index contributed by atoms with van der Waals surface area (Å²) in [4.78, 5) is 14.0. The number of tetrazole rings is 1. The van der Waals surface area contributed by atoms with E-state index in [1.54, 1.807) is 34.8 Å². The molecule has 0 aliphatic carbocycles. The lowest BCUT2D eigenvalue weighted by Crippen LogP contribution is -2.27. The highest BCUT2D eigenvalue weighted by Gasteiger charge is 2.14. The molecule has 0 saturated heterocycles. The normalized spacial score (nSPS) is 10.7. The van der Waals surface area contributed by atoms with Gasteiger partial charge in [0, 0.05) is 23.6 Å². The molecule has 1 amide bonds. The molecule has 0 saturated carbocycles. The molecule has 0 bridgehead atoms.